The average molecular weight is 261 g/mol. The Labute approximate surface area is 111 Å². The zero-order chi connectivity index (χ0) is 13.7. The molecule has 0 saturated carbocycles. The Morgan fingerprint density at radius 2 is 2.11 bits per heavy atom. The number of imide groups is 1. The molecule has 1 unspecified atom stereocenters. The van der Waals surface area contributed by atoms with Crippen molar-refractivity contribution in [2.75, 3.05) is 6.61 Å². The lowest BCUT2D eigenvalue weighted by molar-refractivity contribution is -0.129. The van der Waals surface area contributed by atoms with Crippen LogP contribution in [0, 0.1) is 0 Å². The minimum atomic E-state index is -0.607. The van der Waals surface area contributed by atoms with Gasteiger partial charge in [-0.05, 0) is 12.0 Å². The van der Waals surface area contributed by atoms with Gasteiger partial charge < -0.3 is 9.53 Å². The van der Waals surface area contributed by atoms with Gasteiger partial charge in [-0.1, -0.05) is 30.3 Å². The predicted octanol–water partition coefficient (Wildman–Crippen LogP) is 2.08. The molecule has 1 aromatic carbocycles. The molecule has 0 spiro atoms. The van der Waals surface area contributed by atoms with Gasteiger partial charge in [-0.25, -0.2) is 9.69 Å². The molecular weight excluding hydrogens is 246 g/mol. The first kappa shape index (κ1) is 13.3. The van der Waals surface area contributed by atoms with Crippen molar-refractivity contribution in [3.63, 3.8) is 0 Å². The van der Waals surface area contributed by atoms with E-state index in [1.807, 2.05) is 30.3 Å². The average Bonchev–Trinajstić information content (AvgIpc) is 2.82. The summed E-state index contributed by atoms with van der Waals surface area (Å²) < 4.78 is 4.96. The van der Waals surface area contributed by atoms with E-state index >= 15 is 0 Å². The van der Waals surface area contributed by atoms with Crippen molar-refractivity contribution in [3.8, 4) is 0 Å². The van der Waals surface area contributed by atoms with Crippen LogP contribution in [-0.2, 0) is 14.3 Å². The van der Waals surface area contributed by atoms with Gasteiger partial charge in [0.2, 0.25) is 5.91 Å². The zero-order valence-electron chi connectivity index (χ0n) is 10.5. The fraction of sp³-hybridized carbons (Fsp3) is 0.357. The number of nitrogens with zero attached hydrogens (tertiary/aromatic N) is 1. The summed E-state index contributed by atoms with van der Waals surface area (Å²) in [6.07, 6.45) is 1.12. The second-order valence-electron chi connectivity index (χ2n) is 4.33. The van der Waals surface area contributed by atoms with E-state index in [1.165, 1.54) is 0 Å². The van der Waals surface area contributed by atoms with Crippen LogP contribution in [-0.4, -0.2) is 29.8 Å². The van der Waals surface area contributed by atoms with Crippen LogP contribution in [0.15, 0.2) is 30.3 Å². The summed E-state index contributed by atoms with van der Waals surface area (Å²) in [4.78, 5) is 35.1. The van der Waals surface area contributed by atoms with E-state index in [0.717, 1.165) is 16.7 Å². The number of cyclic esters (lactones) is 1. The minimum absolute atomic E-state index is 0.178. The Balaban J connectivity index is 2.09. The molecule has 2 amide bonds. The van der Waals surface area contributed by atoms with E-state index in [2.05, 4.69) is 0 Å². The molecule has 0 bridgehead atoms. The van der Waals surface area contributed by atoms with E-state index in [4.69, 9.17) is 4.74 Å². The molecule has 1 saturated heterocycles. The molecule has 1 heterocycles. The van der Waals surface area contributed by atoms with Gasteiger partial charge in [0.25, 0.3) is 0 Å². The fourth-order valence-corrected chi connectivity index (χ4v) is 2.07. The number of unbranched alkanes of at least 4 members (excludes halogenated alkanes) is 1. The van der Waals surface area contributed by atoms with Crippen LogP contribution >= 0.6 is 0 Å². The maximum atomic E-state index is 12.0. The number of carbonyl (C=O) groups excluding carboxylic acids is 3. The molecule has 19 heavy (non-hydrogen) atoms. The first-order chi connectivity index (χ1) is 9.24. The lowest BCUT2D eigenvalue weighted by Crippen LogP contribution is -2.34. The molecule has 100 valence electrons. The van der Waals surface area contributed by atoms with Gasteiger partial charge in [0.05, 0.1) is 0 Å². The fourth-order valence-electron chi connectivity index (χ4n) is 2.07. The molecule has 5 heteroatoms. The van der Waals surface area contributed by atoms with Gasteiger partial charge in [0.1, 0.15) is 18.9 Å². The highest BCUT2D eigenvalue weighted by atomic mass is 16.6. The van der Waals surface area contributed by atoms with Gasteiger partial charge in [-0.3, -0.25) is 4.79 Å². The number of amides is 2. The highest BCUT2D eigenvalue weighted by Crippen LogP contribution is 2.28. The molecule has 2 rings (SSSR count). The monoisotopic (exact) mass is 261 g/mol. The lowest BCUT2D eigenvalue weighted by atomic mass is 10.1. The van der Waals surface area contributed by atoms with Gasteiger partial charge >= 0.3 is 6.09 Å². The first-order valence-corrected chi connectivity index (χ1v) is 6.21. The van der Waals surface area contributed by atoms with Crippen LogP contribution in [0.1, 0.15) is 30.9 Å². The number of rotatable bonds is 5. The standard InChI is InChI=1S/C14H15NO4/c16-9-5-4-8-13(17)15-12(10-19-14(15)18)11-6-2-1-3-7-11/h1-3,6-7,9,12H,4-5,8,10H2. The van der Waals surface area contributed by atoms with Crippen molar-refractivity contribution in [2.45, 2.75) is 25.3 Å². The maximum absolute atomic E-state index is 12.0. The number of benzene rings is 1. The summed E-state index contributed by atoms with van der Waals surface area (Å²) >= 11 is 0. The number of ether oxygens (including phenoxy) is 1. The number of aldehydes is 1. The molecular formula is C14H15NO4. The zero-order valence-corrected chi connectivity index (χ0v) is 10.5. The Morgan fingerprint density at radius 3 is 2.79 bits per heavy atom. The van der Waals surface area contributed by atoms with Crippen LogP contribution < -0.4 is 0 Å². The van der Waals surface area contributed by atoms with Gasteiger partial charge in [0, 0.05) is 12.8 Å². The molecule has 1 fully saturated rings. The molecule has 1 aliphatic heterocycles. The topological polar surface area (TPSA) is 63.7 Å². The Morgan fingerprint density at radius 1 is 1.37 bits per heavy atom. The molecule has 0 radical (unpaired) electrons. The predicted molar refractivity (Wildman–Crippen MR) is 67.3 cm³/mol. The van der Waals surface area contributed by atoms with Gasteiger partial charge in [-0.2, -0.15) is 0 Å². The molecule has 1 aliphatic rings. The molecule has 0 N–H and O–H groups in total. The van der Waals surface area contributed by atoms with E-state index in [1.54, 1.807) is 0 Å². The summed E-state index contributed by atoms with van der Waals surface area (Å²) in [5.41, 5.74) is 0.872. The van der Waals surface area contributed by atoms with Crippen LogP contribution in [0.4, 0.5) is 4.79 Å². The van der Waals surface area contributed by atoms with Gasteiger partial charge in [-0.15, -0.1) is 0 Å². The van der Waals surface area contributed by atoms with Crippen molar-refractivity contribution in [2.24, 2.45) is 0 Å². The van der Waals surface area contributed by atoms with E-state index in [-0.39, 0.29) is 25.0 Å². The third-order valence-corrected chi connectivity index (χ3v) is 3.04. The van der Waals surface area contributed by atoms with Crippen molar-refractivity contribution in [1.82, 2.24) is 4.90 Å². The minimum Gasteiger partial charge on any atom is -0.446 e. The largest absolute Gasteiger partial charge is 0.446 e. The van der Waals surface area contributed by atoms with Crippen molar-refractivity contribution < 1.29 is 19.1 Å². The quantitative estimate of drug-likeness (QED) is 0.601. The normalized spacial score (nSPS) is 18.2. The van der Waals surface area contributed by atoms with Crippen LogP contribution in [0.2, 0.25) is 0 Å². The highest BCUT2D eigenvalue weighted by Gasteiger charge is 2.38. The SMILES string of the molecule is O=CCCCC(=O)N1C(=O)OCC1c1ccccc1. The van der Waals surface area contributed by atoms with E-state index in [0.29, 0.717) is 12.8 Å². The summed E-state index contributed by atoms with van der Waals surface area (Å²) in [7, 11) is 0. The summed E-state index contributed by atoms with van der Waals surface area (Å²) in [5, 5.41) is 0. The first-order valence-electron chi connectivity index (χ1n) is 6.21. The number of hydrogen-bond donors (Lipinski definition) is 0. The second kappa shape index (κ2) is 6.13. The number of carbonyl (C=O) groups is 3. The second-order valence-corrected chi connectivity index (χ2v) is 4.33. The number of hydrogen-bond acceptors (Lipinski definition) is 4. The van der Waals surface area contributed by atoms with Crippen molar-refractivity contribution in [3.05, 3.63) is 35.9 Å². The summed E-state index contributed by atoms with van der Waals surface area (Å²) in [6.45, 7) is 0.183. The van der Waals surface area contributed by atoms with Crippen LogP contribution in [0.5, 0.6) is 0 Å². The molecule has 1 atom stereocenters. The summed E-state index contributed by atoms with van der Waals surface area (Å²) in [6, 6.07) is 8.94. The van der Waals surface area contributed by atoms with E-state index in [9.17, 15) is 14.4 Å². The third kappa shape index (κ3) is 2.99. The van der Waals surface area contributed by atoms with Crippen molar-refractivity contribution >= 4 is 18.3 Å². The van der Waals surface area contributed by atoms with Crippen LogP contribution in [0.25, 0.3) is 0 Å². The molecule has 0 aromatic heterocycles. The van der Waals surface area contributed by atoms with Crippen molar-refractivity contribution in [1.29, 1.82) is 0 Å². The molecule has 1 aromatic rings. The maximum Gasteiger partial charge on any atom is 0.417 e. The molecule has 5 nitrogen and oxygen atoms in total. The lowest BCUT2D eigenvalue weighted by Gasteiger charge is -2.19. The van der Waals surface area contributed by atoms with Gasteiger partial charge in [0.15, 0.2) is 0 Å². The van der Waals surface area contributed by atoms with E-state index < -0.39 is 6.09 Å². The Kier molecular flexibility index (Phi) is 4.28. The Bertz CT molecular complexity index is 472. The van der Waals surface area contributed by atoms with Crippen LogP contribution in [0.3, 0.4) is 0 Å². The third-order valence-electron chi connectivity index (χ3n) is 3.04. The molecule has 0 aliphatic carbocycles. The smallest absolute Gasteiger partial charge is 0.417 e. The Hall–Kier alpha value is -2.17. The highest BCUT2D eigenvalue weighted by molar-refractivity contribution is 5.93. The summed E-state index contributed by atoms with van der Waals surface area (Å²) in [5.74, 6) is -0.293.